The number of hydrogen-bond acceptors (Lipinski definition) is 16. The van der Waals surface area contributed by atoms with E-state index in [-0.39, 0.29) is 58.0 Å². The largest absolute Gasteiger partial charge is 0.726 e. The van der Waals surface area contributed by atoms with Crippen LogP contribution in [0.15, 0.2) is 11.6 Å². The van der Waals surface area contributed by atoms with Gasteiger partial charge >= 0.3 is 0 Å². The average molecular weight is 846 g/mol. The first-order chi connectivity index (χ1) is 26.9. The standard InChI is InChI=1S/C41H66O16S/c1-20(2)14-21-15-52-41-18-40(19-53-41)22(33(41)39(21,7)47)8-9-26-37(5)12-11-27(36(3,4)25(37)10-13-38(26,40)6)56-34-31(46)32(23(42)16-51-34)57-35-30(45)29(44)28(43)24(55-35)17-54-58(48,49)50/h14,21-35,42-47H,8-13,15-19H2,1-7H3,(H,48,49,50)/p-1/t21-,22+,23+,24-,25+,26-,27+,28-,29-,30-,31-,32-,33+,34+,35+,37+,38-,39+,40+,41-/m1/s1. The number of fused-ring (bicyclic) bond motifs is 4. The van der Waals surface area contributed by atoms with Gasteiger partial charge < -0.3 is 63.6 Å². The maximum absolute atomic E-state index is 12.3. The second-order valence-corrected chi connectivity index (χ2v) is 21.7. The first-order valence-electron chi connectivity index (χ1n) is 21.2. The Morgan fingerprint density at radius 1 is 0.845 bits per heavy atom. The minimum Gasteiger partial charge on any atom is -0.726 e. The third-order valence-corrected chi connectivity index (χ3v) is 17.5. The minimum absolute atomic E-state index is 0.0347. The van der Waals surface area contributed by atoms with Crippen molar-refractivity contribution in [3.05, 3.63) is 11.6 Å². The highest BCUT2D eigenvalue weighted by atomic mass is 32.3. The Kier molecular flexibility index (Phi) is 11.0. The van der Waals surface area contributed by atoms with Gasteiger partial charge in [0.2, 0.25) is 10.4 Å². The summed E-state index contributed by atoms with van der Waals surface area (Å²) in [6.45, 7) is 15.4. The quantitative estimate of drug-likeness (QED) is 0.0878. The Labute approximate surface area is 341 Å². The molecule has 0 radical (unpaired) electrons. The van der Waals surface area contributed by atoms with E-state index in [1.165, 1.54) is 5.57 Å². The van der Waals surface area contributed by atoms with E-state index in [1.54, 1.807) is 0 Å². The summed E-state index contributed by atoms with van der Waals surface area (Å²) in [6, 6.07) is 0. The van der Waals surface area contributed by atoms with Gasteiger partial charge in [-0.2, -0.15) is 0 Å². The molecule has 58 heavy (non-hydrogen) atoms. The summed E-state index contributed by atoms with van der Waals surface area (Å²) in [7, 11) is -5.17. The molecule has 8 fully saturated rings. The summed E-state index contributed by atoms with van der Waals surface area (Å²) >= 11 is 0. The molecule has 4 aliphatic heterocycles. The van der Waals surface area contributed by atoms with Crippen molar-refractivity contribution in [2.45, 2.75) is 166 Å². The lowest BCUT2D eigenvalue weighted by molar-refractivity contribution is -0.357. The molecule has 332 valence electrons. The van der Waals surface area contributed by atoms with Crippen LogP contribution >= 0.6 is 0 Å². The molecule has 4 saturated heterocycles. The van der Waals surface area contributed by atoms with E-state index < -0.39 is 83.7 Å². The molecule has 4 saturated carbocycles. The highest BCUT2D eigenvalue weighted by molar-refractivity contribution is 7.80. The third kappa shape index (κ3) is 6.54. The molecule has 0 aromatic carbocycles. The molecule has 0 unspecified atom stereocenters. The molecule has 2 bridgehead atoms. The second kappa shape index (κ2) is 14.6. The Morgan fingerprint density at radius 3 is 2.26 bits per heavy atom. The molecule has 20 atom stereocenters. The molecule has 4 aliphatic carbocycles. The molecule has 8 rings (SSSR count). The molecular weight excluding hydrogens is 781 g/mol. The maximum atomic E-state index is 12.3. The van der Waals surface area contributed by atoms with Gasteiger partial charge in [0.25, 0.3) is 0 Å². The minimum atomic E-state index is -5.17. The first-order valence-corrected chi connectivity index (χ1v) is 22.5. The lowest BCUT2D eigenvalue weighted by Gasteiger charge is -2.70. The van der Waals surface area contributed by atoms with Crippen LogP contribution < -0.4 is 0 Å². The summed E-state index contributed by atoms with van der Waals surface area (Å²) in [4.78, 5) is 0. The van der Waals surface area contributed by atoms with Gasteiger partial charge in [0.05, 0.1) is 38.1 Å². The van der Waals surface area contributed by atoms with Crippen molar-refractivity contribution in [2.24, 2.45) is 51.2 Å². The van der Waals surface area contributed by atoms with Crippen molar-refractivity contribution < 1.29 is 76.2 Å². The summed E-state index contributed by atoms with van der Waals surface area (Å²) < 4.78 is 74.5. The molecule has 0 aromatic heterocycles. The van der Waals surface area contributed by atoms with E-state index in [4.69, 9.17) is 28.4 Å². The topological polar surface area (TPSA) is 243 Å². The second-order valence-electron chi connectivity index (χ2n) is 20.6. The summed E-state index contributed by atoms with van der Waals surface area (Å²) in [5.41, 5.74) is -0.338. The van der Waals surface area contributed by atoms with Gasteiger partial charge in [0.1, 0.15) is 42.7 Å². The lowest BCUT2D eigenvalue weighted by atomic mass is 9.35. The van der Waals surface area contributed by atoms with Crippen molar-refractivity contribution >= 4 is 10.4 Å². The SMILES string of the molecule is CC(C)=C[C@@H]1CO[C@]23C[C@]4(CO2)[C@@H](CC[C@@H]2[C@@]5(C)CC[C@H](O[C@@H]6OC[C@H](O)[C@@H](O[C@@H]7O[C@H](COS(=O)(=O)[O-])[C@@H](O)[C@@H](O)[C@H]7O)[C@H]6O)C(C)(C)[C@@H]5CC[C@]24C)[C@H]3[C@@]1(C)O. The van der Waals surface area contributed by atoms with Gasteiger partial charge in [-0.1, -0.05) is 39.3 Å². The molecule has 17 heteroatoms. The van der Waals surface area contributed by atoms with E-state index in [0.717, 1.165) is 38.5 Å². The van der Waals surface area contributed by atoms with E-state index >= 15 is 0 Å². The van der Waals surface area contributed by atoms with E-state index in [1.807, 2.05) is 6.92 Å². The van der Waals surface area contributed by atoms with Gasteiger partial charge in [-0.25, -0.2) is 8.42 Å². The predicted molar refractivity (Wildman–Crippen MR) is 201 cm³/mol. The summed E-state index contributed by atoms with van der Waals surface area (Å²) in [6.07, 6.45) is -6.40. The predicted octanol–water partition coefficient (Wildman–Crippen LogP) is 1.48. The van der Waals surface area contributed by atoms with Crippen LogP contribution in [0.4, 0.5) is 0 Å². The molecule has 8 aliphatic rings. The number of ether oxygens (including phenoxy) is 6. The maximum Gasteiger partial charge on any atom is 0.217 e. The van der Waals surface area contributed by atoms with Gasteiger partial charge in [0, 0.05) is 23.7 Å². The molecular formula is C41H65O16S-. The first kappa shape index (κ1) is 43.8. The number of rotatable bonds is 8. The van der Waals surface area contributed by atoms with Crippen molar-refractivity contribution in [1.29, 1.82) is 0 Å². The van der Waals surface area contributed by atoms with Crippen molar-refractivity contribution in [2.75, 3.05) is 26.4 Å². The number of aliphatic hydroxyl groups is 6. The Balaban J connectivity index is 0.973. The number of hydrogen-bond donors (Lipinski definition) is 6. The smallest absolute Gasteiger partial charge is 0.217 e. The van der Waals surface area contributed by atoms with Crippen LogP contribution in [0.2, 0.25) is 0 Å². The van der Waals surface area contributed by atoms with Crippen LogP contribution in [0.25, 0.3) is 0 Å². The van der Waals surface area contributed by atoms with Crippen LogP contribution in [0, 0.1) is 51.2 Å². The zero-order chi connectivity index (χ0) is 42.2. The van der Waals surface area contributed by atoms with Crippen LogP contribution in [-0.2, 0) is 43.0 Å². The summed E-state index contributed by atoms with van der Waals surface area (Å²) in [5.74, 6) is -0.0230. The van der Waals surface area contributed by atoms with Crippen molar-refractivity contribution in [3.63, 3.8) is 0 Å². The van der Waals surface area contributed by atoms with E-state index in [2.05, 4.69) is 51.8 Å². The normalized spacial score (nSPS) is 54.8. The Bertz CT molecular complexity index is 1700. The zero-order valence-corrected chi connectivity index (χ0v) is 35.5. The monoisotopic (exact) mass is 845 g/mol. The Hall–Kier alpha value is -0.870. The van der Waals surface area contributed by atoms with E-state index in [0.29, 0.717) is 25.6 Å². The van der Waals surface area contributed by atoms with Crippen molar-refractivity contribution in [3.8, 4) is 0 Å². The number of aliphatic hydroxyl groups excluding tert-OH is 5. The van der Waals surface area contributed by atoms with Gasteiger partial charge in [-0.3, -0.25) is 4.18 Å². The molecule has 4 heterocycles. The van der Waals surface area contributed by atoms with Crippen LogP contribution in [0.3, 0.4) is 0 Å². The van der Waals surface area contributed by atoms with Gasteiger partial charge in [0.15, 0.2) is 18.4 Å². The fourth-order valence-corrected chi connectivity index (χ4v) is 14.7. The molecule has 2 spiro atoms. The highest BCUT2D eigenvalue weighted by Crippen LogP contribution is 2.80. The average Bonchev–Trinajstić information content (AvgIpc) is 3.66. The number of allylic oxidation sites excluding steroid dienone is 1. The van der Waals surface area contributed by atoms with Crippen LogP contribution in [-0.4, -0.2) is 143 Å². The van der Waals surface area contributed by atoms with Crippen molar-refractivity contribution in [1.82, 2.24) is 0 Å². The zero-order valence-electron chi connectivity index (χ0n) is 34.7. The van der Waals surface area contributed by atoms with E-state index in [9.17, 15) is 43.6 Å². The van der Waals surface area contributed by atoms with Crippen LogP contribution in [0.5, 0.6) is 0 Å². The Morgan fingerprint density at radius 2 is 1.57 bits per heavy atom. The highest BCUT2D eigenvalue weighted by Gasteiger charge is 2.81. The van der Waals surface area contributed by atoms with Gasteiger partial charge in [-0.15, -0.1) is 0 Å². The molecule has 0 amide bonds. The summed E-state index contributed by atoms with van der Waals surface area (Å²) in [5, 5.41) is 66.2. The molecule has 0 aromatic rings. The third-order valence-electron chi connectivity index (χ3n) is 17.1. The molecule has 16 nitrogen and oxygen atoms in total. The van der Waals surface area contributed by atoms with Gasteiger partial charge in [-0.05, 0) is 93.3 Å². The lowest BCUT2D eigenvalue weighted by Crippen LogP contribution is -2.68. The fourth-order valence-electron chi connectivity index (χ4n) is 14.4. The molecule has 6 N–H and O–H groups in total. The fraction of sp³-hybridized carbons (Fsp3) is 0.951. The van der Waals surface area contributed by atoms with Crippen LogP contribution in [0.1, 0.15) is 93.4 Å².